The molecule has 0 amide bonds. The van der Waals surface area contributed by atoms with Crippen LogP contribution in [0.25, 0.3) is 0 Å². The van der Waals surface area contributed by atoms with Gasteiger partial charge in [0.2, 0.25) is 0 Å². The van der Waals surface area contributed by atoms with E-state index in [0.717, 1.165) is 17.7 Å². The maximum atomic E-state index is 12.6. The van der Waals surface area contributed by atoms with E-state index in [4.69, 9.17) is 4.74 Å². The number of rotatable bonds is 1. The third-order valence-electron chi connectivity index (χ3n) is 3.29. The Morgan fingerprint density at radius 1 is 1.37 bits per heavy atom. The van der Waals surface area contributed by atoms with Crippen LogP contribution in [0.2, 0.25) is 0 Å². The number of fused-ring (bicyclic) bond motifs is 1. The van der Waals surface area contributed by atoms with Crippen molar-refractivity contribution in [1.82, 2.24) is 5.43 Å². The van der Waals surface area contributed by atoms with E-state index in [-0.39, 0.29) is 5.71 Å². The third kappa shape index (κ3) is 1.94. The first kappa shape index (κ1) is 12.3. The molecule has 2 heterocycles. The highest BCUT2D eigenvalue weighted by Crippen LogP contribution is 2.35. The summed E-state index contributed by atoms with van der Waals surface area (Å²) < 4.78 is 43.3. The van der Waals surface area contributed by atoms with Gasteiger partial charge in [0.1, 0.15) is 5.75 Å². The van der Waals surface area contributed by atoms with E-state index in [2.05, 4.69) is 5.10 Å². The summed E-state index contributed by atoms with van der Waals surface area (Å²) in [6, 6.07) is 5.11. The number of nitrogens with one attached hydrogen (secondary N) is 1. The van der Waals surface area contributed by atoms with Crippen LogP contribution in [0.3, 0.4) is 0 Å². The summed E-state index contributed by atoms with van der Waals surface area (Å²) in [5, 5.41) is 13.1. The molecule has 0 spiro atoms. The number of hydrazone groups is 1. The van der Waals surface area contributed by atoms with Gasteiger partial charge in [0.05, 0.1) is 18.7 Å². The van der Waals surface area contributed by atoms with Gasteiger partial charge in [-0.05, 0) is 29.3 Å². The second-order valence-electron chi connectivity index (χ2n) is 4.63. The number of halogens is 3. The van der Waals surface area contributed by atoms with Crippen LogP contribution in [-0.2, 0) is 6.42 Å². The van der Waals surface area contributed by atoms with Crippen molar-refractivity contribution in [2.45, 2.75) is 24.7 Å². The number of hydrogen-bond acceptors (Lipinski definition) is 4. The molecule has 2 aliphatic heterocycles. The van der Waals surface area contributed by atoms with Gasteiger partial charge in [0.15, 0.2) is 0 Å². The molecular formula is C12H11F3N2O2. The molecule has 19 heavy (non-hydrogen) atoms. The largest absolute Gasteiger partial charge is 0.493 e. The van der Waals surface area contributed by atoms with Gasteiger partial charge in [-0.25, -0.2) is 0 Å². The molecule has 3 rings (SSSR count). The second kappa shape index (κ2) is 3.86. The van der Waals surface area contributed by atoms with Gasteiger partial charge < -0.3 is 9.84 Å². The number of benzene rings is 1. The van der Waals surface area contributed by atoms with Crippen LogP contribution in [-0.4, -0.2) is 29.3 Å². The van der Waals surface area contributed by atoms with E-state index in [1.54, 1.807) is 23.6 Å². The summed E-state index contributed by atoms with van der Waals surface area (Å²) in [5.41, 5.74) is 0.505. The van der Waals surface area contributed by atoms with Gasteiger partial charge >= 0.3 is 6.18 Å². The minimum atomic E-state index is -4.77. The summed E-state index contributed by atoms with van der Waals surface area (Å²) in [6.45, 7) is 0.579. The molecule has 2 N–H and O–H groups in total. The molecule has 0 unspecified atom stereocenters. The Bertz CT molecular complexity index is 556. The van der Waals surface area contributed by atoms with Crippen LogP contribution in [0.4, 0.5) is 13.2 Å². The molecule has 0 radical (unpaired) electrons. The zero-order chi connectivity index (χ0) is 13.7. The molecule has 1 aromatic carbocycles. The van der Waals surface area contributed by atoms with Crippen molar-refractivity contribution in [2.24, 2.45) is 5.10 Å². The molecule has 1 aromatic rings. The van der Waals surface area contributed by atoms with Gasteiger partial charge in [-0.3, -0.25) is 5.43 Å². The number of hydrogen-bond donors (Lipinski definition) is 2. The number of nitrogens with zero attached hydrogens (tertiary/aromatic N) is 1. The Hall–Kier alpha value is -1.76. The molecule has 0 aliphatic carbocycles. The molecule has 1 atom stereocenters. The van der Waals surface area contributed by atoms with Crippen LogP contribution < -0.4 is 10.2 Å². The predicted molar refractivity (Wildman–Crippen MR) is 60.9 cm³/mol. The zero-order valence-corrected chi connectivity index (χ0v) is 9.79. The van der Waals surface area contributed by atoms with Crippen molar-refractivity contribution in [1.29, 1.82) is 0 Å². The standard InChI is InChI=1S/C12H11F3N2O2/c13-12(14,15)11(18)6-9(16-17-11)7-1-2-10-8(5-7)3-4-19-10/h1-2,5,17-18H,3-4,6H2/t11-/m0/s1. The lowest BCUT2D eigenvalue weighted by molar-refractivity contribution is -0.266. The Kier molecular flexibility index (Phi) is 2.50. The fourth-order valence-electron chi connectivity index (χ4n) is 2.18. The summed E-state index contributed by atoms with van der Waals surface area (Å²) in [5.74, 6) is 0.751. The minimum Gasteiger partial charge on any atom is -0.493 e. The van der Waals surface area contributed by atoms with Crippen LogP contribution in [0.15, 0.2) is 23.3 Å². The van der Waals surface area contributed by atoms with Gasteiger partial charge in [-0.2, -0.15) is 18.3 Å². The molecule has 4 nitrogen and oxygen atoms in total. The molecule has 2 aliphatic rings. The van der Waals surface area contributed by atoms with E-state index in [9.17, 15) is 18.3 Å². The molecular weight excluding hydrogens is 261 g/mol. The average molecular weight is 272 g/mol. The lowest BCUT2D eigenvalue weighted by atomic mass is 9.99. The third-order valence-corrected chi connectivity index (χ3v) is 3.29. The molecule has 102 valence electrons. The van der Waals surface area contributed by atoms with Crippen LogP contribution in [0.5, 0.6) is 5.75 Å². The summed E-state index contributed by atoms with van der Waals surface area (Å²) in [4.78, 5) is 0. The lowest BCUT2D eigenvalue weighted by Gasteiger charge is -2.24. The molecule has 0 saturated carbocycles. The summed E-state index contributed by atoms with van der Waals surface area (Å²) in [6.07, 6.45) is -4.64. The van der Waals surface area contributed by atoms with Gasteiger partial charge in [0, 0.05) is 6.42 Å². The monoisotopic (exact) mass is 272 g/mol. The molecule has 0 fully saturated rings. The zero-order valence-electron chi connectivity index (χ0n) is 9.79. The van der Waals surface area contributed by atoms with E-state index >= 15 is 0 Å². The Balaban J connectivity index is 1.86. The van der Waals surface area contributed by atoms with E-state index in [1.165, 1.54) is 0 Å². The number of ether oxygens (including phenoxy) is 1. The maximum absolute atomic E-state index is 12.6. The molecule has 0 saturated heterocycles. The first-order valence-corrected chi connectivity index (χ1v) is 5.78. The Morgan fingerprint density at radius 2 is 2.16 bits per heavy atom. The smallest absolute Gasteiger partial charge is 0.438 e. The topological polar surface area (TPSA) is 53.9 Å². The van der Waals surface area contributed by atoms with Crippen molar-refractivity contribution in [2.75, 3.05) is 6.61 Å². The fraction of sp³-hybridized carbons (Fsp3) is 0.417. The normalized spacial score (nSPS) is 25.6. The van der Waals surface area contributed by atoms with Gasteiger partial charge in [-0.15, -0.1) is 0 Å². The number of alkyl halides is 3. The van der Waals surface area contributed by atoms with E-state index in [0.29, 0.717) is 12.2 Å². The van der Waals surface area contributed by atoms with Crippen molar-refractivity contribution in [3.8, 4) is 5.75 Å². The van der Waals surface area contributed by atoms with Crippen molar-refractivity contribution >= 4 is 5.71 Å². The number of aliphatic hydroxyl groups is 1. The van der Waals surface area contributed by atoms with Crippen molar-refractivity contribution < 1.29 is 23.0 Å². The van der Waals surface area contributed by atoms with E-state index < -0.39 is 18.3 Å². The SMILES string of the molecule is O[C@]1(C(F)(F)F)CC(c2ccc3c(c2)CCO3)=NN1. The summed E-state index contributed by atoms with van der Waals surface area (Å²) in [7, 11) is 0. The predicted octanol–water partition coefficient (Wildman–Crippen LogP) is 1.57. The van der Waals surface area contributed by atoms with Crippen LogP contribution in [0.1, 0.15) is 17.5 Å². The van der Waals surface area contributed by atoms with E-state index in [1.807, 2.05) is 0 Å². The van der Waals surface area contributed by atoms with Crippen LogP contribution in [0, 0.1) is 0 Å². The van der Waals surface area contributed by atoms with Gasteiger partial charge in [0.25, 0.3) is 5.72 Å². The minimum absolute atomic E-state index is 0.189. The quantitative estimate of drug-likeness (QED) is 0.816. The first-order chi connectivity index (χ1) is 8.89. The highest BCUT2D eigenvalue weighted by atomic mass is 19.4. The van der Waals surface area contributed by atoms with Gasteiger partial charge in [-0.1, -0.05) is 0 Å². The Labute approximate surface area is 106 Å². The molecule has 0 aromatic heterocycles. The highest BCUT2D eigenvalue weighted by Gasteiger charge is 2.57. The van der Waals surface area contributed by atoms with Crippen molar-refractivity contribution in [3.05, 3.63) is 29.3 Å². The fourth-order valence-corrected chi connectivity index (χ4v) is 2.18. The second-order valence-corrected chi connectivity index (χ2v) is 4.63. The molecule has 7 heteroatoms. The first-order valence-electron chi connectivity index (χ1n) is 5.78. The average Bonchev–Trinajstić information content (AvgIpc) is 2.93. The molecule has 0 bridgehead atoms. The Morgan fingerprint density at radius 3 is 2.84 bits per heavy atom. The maximum Gasteiger partial charge on any atom is 0.438 e. The lowest BCUT2D eigenvalue weighted by Crippen LogP contribution is -2.52. The highest BCUT2D eigenvalue weighted by molar-refractivity contribution is 6.02. The van der Waals surface area contributed by atoms with Crippen LogP contribution >= 0.6 is 0 Å². The van der Waals surface area contributed by atoms with Crippen molar-refractivity contribution in [3.63, 3.8) is 0 Å². The summed E-state index contributed by atoms with van der Waals surface area (Å²) >= 11 is 0.